The summed E-state index contributed by atoms with van der Waals surface area (Å²) in [4.78, 5) is 0. The second-order valence-electron chi connectivity index (χ2n) is 4.86. The predicted octanol–water partition coefficient (Wildman–Crippen LogP) is 1.87. The van der Waals surface area contributed by atoms with Crippen LogP contribution in [0, 0.1) is 17.0 Å². The van der Waals surface area contributed by atoms with E-state index in [1.807, 2.05) is 0 Å². The van der Waals surface area contributed by atoms with Crippen molar-refractivity contribution in [3.63, 3.8) is 0 Å². The van der Waals surface area contributed by atoms with Crippen molar-refractivity contribution in [1.82, 2.24) is 5.32 Å². The van der Waals surface area contributed by atoms with Gasteiger partial charge in [-0.2, -0.15) is 0 Å². The molecule has 2 rings (SSSR count). The fraction of sp³-hybridized carbons (Fsp3) is 0.538. The van der Waals surface area contributed by atoms with Crippen LogP contribution >= 0.6 is 0 Å². The lowest BCUT2D eigenvalue weighted by Crippen LogP contribution is -2.44. The van der Waals surface area contributed by atoms with Gasteiger partial charge in [0.25, 0.3) is 0 Å². The van der Waals surface area contributed by atoms with E-state index in [9.17, 15) is 13.9 Å². The summed E-state index contributed by atoms with van der Waals surface area (Å²) >= 11 is 0. The zero-order valence-corrected chi connectivity index (χ0v) is 9.68. The second-order valence-corrected chi connectivity index (χ2v) is 4.86. The Balaban J connectivity index is 2.14. The van der Waals surface area contributed by atoms with Crippen LogP contribution in [0.15, 0.2) is 18.2 Å². The smallest absolute Gasteiger partial charge is 0.159 e. The molecule has 0 spiro atoms. The fourth-order valence-corrected chi connectivity index (χ4v) is 2.45. The minimum absolute atomic E-state index is 0.0684. The molecule has 1 atom stereocenters. The van der Waals surface area contributed by atoms with Crippen LogP contribution in [0.5, 0.6) is 0 Å². The largest absolute Gasteiger partial charge is 0.396 e. The van der Waals surface area contributed by atoms with E-state index in [-0.39, 0.29) is 12.0 Å². The Kier molecular flexibility index (Phi) is 3.74. The molecule has 2 N–H and O–H groups in total. The molecule has 1 aromatic carbocycles. The first-order chi connectivity index (χ1) is 8.15. The van der Waals surface area contributed by atoms with Gasteiger partial charge in [0.05, 0.1) is 6.61 Å². The summed E-state index contributed by atoms with van der Waals surface area (Å²) in [5, 5.41) is 12.8. The van der Waals surface area contributed by atoms with E-state index in [0.29, 0.717) is 6.42 Å². The second kappa shape index (κ2) is 5.10. The Morgan fingerprint density at radius 2 is 2.12 bits per heavy atom. The minimum Gasteiger partial charge on any atom is -0.396 e. The molecule has 2 nitrogen and oxygen atoms in total. The number of halogens is 2. The maximum atomic E-state index is 13.1. The van der Waals surface area contributed by atoms with Gasteiger partial charge in [0.2, 0.25) is 0 Å². The van der Waals surface area contributed by atoms with Crippen molar-refractivity contribution in [3.8, 4) is 0 Å². The molecule has 4 heteroatoms. The van der Waals surface area contributed by atoms with Gasteiger partial charge < -0.3 is 10.4 Å². The van der Waals surface area contributed by atoms with E-state index < -0.39 is 11.6 Å². The molecule has 1 aromatic rings. The Hall–Kier alpha value is -1.00. The van der Waals surface area contributed by atoms with Crippen molar-refractivity contribution < 1.29 is 13.9 Å². The van der Waals surface area contributed by atoms with Crippen LogP contribution in [0.4, 0.5) is 8.78 Å². The van der Waals surface area contributed by atoms with Gasteiger partial charge in [-0.1, -0.05) is 6.07 Å². The average molecular weight is 241 g/mol. The number of aliphatic hydroxyl groups excluding tert-OH is 1. The lowest BCUT2D eigenvalue weighted by molar-refractivity contribution is 0.0947. The van der Waals surface area contributed by atoms with Gasteiger partial charge in [-0.15, -0.1) is 0 Å². The number of hydrogen-bond donors (Lipinski definition) is 2. The third kappa shape index (κ3) is 2.82. The van der Waals surface area contributed by atoms with Crippen molar-refractivity contribution in [3.05, 3.63) is 35.4 Å². The highest BCUT2D eigenvalue weighted by Gasteiger charge is 2.31. The van der Waals surface area contributed by atoms with Crippen LogP contribution in [-0.4, -0.2) is 24.8 Å². The highest BCUT2D eigenvalue weighted by molar-refractivity contribution is 5.19. The topological polar surface area (TPSA) is 32.3 Å². The first-order valence-electron chi connectivity index (χ1n) is 5.91. The number of piperidine rings is 1. The van der Waals surface area contributed by atoms with Gasteiger partial charge in [-0.05, 0) is 43.5 Å². The molecule has 0 amide bonds. The summed E-state index contributed by atoms with van der Waals surface area (Å²) in [6.45, 7) is 1.75. The monoisotopic (exact) mass is 241 g/mol. The van der Waals surface area contributed by atoms with Gasteiger partial charge in [-0.25, -0.2) is 8.78 Å². The molecule has 0 radical (unpaired) electrons. The minimum atomic E-state index is -0.825. The number of nitrogens with one attached hydrogen (secondary N) is 1. The highest BCUT2D eigenvalue weighted by atomic mass is 19.2. The molecule has 0 aliphatic carbocycles. The van der Waals surface area contributed by atoms with Crippen molar-refractivity contribution in [1.29, 1.82) is 0 Å². The Morgan fingerprint density at radius 3 is 2.71 bits per heavy atom. The van der Waals surface area contributed by atoms with E-state index in [4.69, 9.17) is 0 Å². The normalized spacial score (nSPS) is 24.9. The molecule has 0 aromatic heterocycles. The van der Waals surface area contributed by atoms with E-state index >= 15 is 0 Å². The molecule has 0 bridgehead atoms. The van der Waals surface area contributed by atoms with Crippen molar-refractivity contribution in [2.45, 2.75) is 19.3 Å². The van der Waals surface area contributed by atoms with E-state index in [2.05, 4.69) is 5.32 Å². The van der Waals surface area contributed by atoms with E-state index in [1.54, 1.807) is 6.07 Å². The lowest BCUT2D eigenvalue weighted by atomic mass is 9.76. The van der Waals surface area contributed by atoms with Crippen LogP contribution < -0.4 is 5.32 Å². The summed E-state index contributed by atoms with van der Waals surface area (Å²) in [7, 11) is 0. The van der Waals surface area contributed by atoms with Gasteiger partial charge in [-0.3, -0.25) is 0 Å². The zero-order valence-electron chi connectivity index (χ0n) is 9.68. The van der Waals surface area contributed by atoms with Crippen LogP contribution in [0.25, 0.3) is 0 Å². The molecule has 94 valence electrons. The van der Waals surface area contributed by atoms with Crippen LogP contribution in [0.1, 0.15) is 18.4 Å². The van der Waals surface area contributed by atoms with E-state index in [1.165, 1.54) is 6.07 Å². The van der Waals surface area contributed by atoms with Gasteiger partial charge >= 0.3 is 0 Å². The number of benzene rings is 1. The highest BCUT2D eigenvalue weighted by Crippen LogP contribution is 2.30. The summed E-state index contributed by atoms with van der Waals surface area (Å²) in [5.41, 5.74) is 0.504. The maximum absolute atomic E-state index is 13.1. The van der Waals surface area contributed by atoms with Gasteiger partial charge in [0, 0.05) is 12.0 Å². The first-order valence-corrected chi connectivity index (χ1v) is 5.91. The summed E-state index contributed by atoms with van der Waals surface area (Å²) in [6.07, 6.45) is 2.49. The molecule has 1 aliphatic rings. The van der Waals surface area contributed by atoms with Crippen LogP contribution in [0.3, 0.4) is 0 Å². The van der Waals surface area contributed by atoms with Gasteiger partial charge in [0.15, 0.2) is 11.6 Å². The first kappa shape index (κ1) is 12.5. The molecule has 1 saturated heterocycles. The number of aliphatic hydroxyl groups is 1. The van der Waals surface area contributed by atoms with Gasteiger partial charge in [0.1, 0.15) is 0 Å². The third-order valence-electron chi connectivity index (χ3n) is 3.46. The molecule has 1 aliphatic heterocycles. The number of rotatable bonds is 3. The predicted molar refractivity (Wildman–Crippen MR) is 61.7 cm³/mol. The molecular weight excluding hydrogens is 224 g/mol. The van der Waals surface area contributed by atoms with Crippen molar-refractivity contribution in [2.75, 3.05) is 19.7 Å². The fourth-order valence-electron chi connectivity index (χ4n) is 2.45. The SMILES string of the molecule is OCC1(Cc2ccc(F)c(F)c2)CCCNC1. The Morgan fingerprint density at radius 1 is 1.29 bits per heavy atom. The molecule has 1 heterocycles. The average Bonchev–Trinajstić information content (AvgIpc) is 2.35. The quantitative estimate of drug-likeness (QED) is 0.846. The van der Waals surface area contributed by atoms with Crippen molar-refractivity contribution >= 4 is 0 Å². The third-order valence-corrected chi connectivity index (χ3v) is 3.46. The Bertz CT molecular complexity index is 389. The van der Waals surface area contributed by atoms with Crippen LogP contribution in [-0.2, 0) is 6.42 Å². The summed E-state index contributed by atoms with van der Waals surface area (Å²) in [5.74, 6) is -1.65. The van der Waals surface area contributed by atoms with Crippen molar-refractivity contribution in [2.24, 2.45) is 5.41 Å². The summed E-state index contributed by atoms with van der Waals surface area (Å²) in [6, 6.07) is 3.96. The lowest BCUT2D eigenvalue weighted by Gasteiger charge is -2.36. The zero-order chi connectivity index (χ0) is 12.3. The van der Waals surface area contributed by atoms with E-state index in [0.717, 1.165) is 37.6 Å². The van der Waals surface area contributed by atoms with Crippen LogP contribution in [0.2, 0.25) is 0 Å². The maximum Gasteiger partial charge on any atom is 0.159 e. The Labute approximate surface area is 99.7 Å². The molecule has 0 saturated carbocycles. The standard InChI is InChI=1S/C13H17F2NO/c14-11-3-2-10(6-12(11)15)7-13(9-17)4-1-5-16-8-13/h2-3,6,16-17H,1,4-5,7-9H2. The summed E-state index contributed by atoms with van der Waals surface area (Å²) < 4.78 is 25.9. The molecule has 1 unspecified atom stereocenters. The molecular formula is C13H17F2NO. The number of hydrogen-bond acceptors (Lipinski definition) is 2. The molecule has 17 heavy (non-hydrogen) atoms. The molecule has 1 fully saturated rings.